The van der Waals surface area contributed by atoms with Gasteiger partial charge in [0.25, 0.3) is 5.91 Å². The van der Waals surface area contributed by atoms with Gasteiger partial charge in [-0.3, -0.25) is 9.59 Å². The molecule has 0 saturated heterocycles. The summed E-state index contributed by atoms with van der Waals surface area (Å²) >= 11 is 18.2. The number of benzene rings is 2. The molecule has 0 aromatic heterocycles. The Morgan fingerprint density at radius 3 is 2.21 bits per heavy atom. The molecule has 2 aromatic carbocycles. The minimum Gasteiger partial charge on any atom is -0.478 e. The first-order chi connectivity index (χ1) is 13.3. The van der Waals surface area contributed by atoms with Gasteiger partial charge in [0.05, 0.1) is 15.6 Å². The number of hydrogen-bond acceptors (Lipinski definition) is 4. The first-order valence-electron chi connectivity index (χ1n) is 8.37. The number of alkyl halides is 1. The number of rotatable bonds is 6. The van der Waals surface area contributed by atoms with Crippen molar-refractivity contribution in [2.45, 2.75) is 25.8 Å². The lowest BCUT2D eigenvalue weighted by atomic mass is 9.86. The zero-order valence-corrected chi connectivity index (χ0v) is 18.0. The van der Waals surface area contributed by atoms with E-state index in [9.17, 15) is 14.4 Å². The Morgan fingerprint density at radius 1 is 1.00 bits per heavy atom. The number of nitrogens with one attached hydrogen (secondary N) is 1. The van der Waals surface area contributed by atoms with Crippen molar-refractivity contribution in [2.24, 2.45) is 5.41 Å². The monoisotopic (exact) mass is 457 g/mol. The molecule has 0 bridgehead atoms. The molecule has 6 nitrogen and oxygen atoms in total. The third-order valence-electron chi connectivity index (χ3n) is 3.78. The molecule has 0 saturated carbocycles. The maximum absolute atomic E-state index is 13.0. The smallest absolute Gasteiger partial charge is 0.335 e. The number of carbonyl (C=O) groups excluding carboxylic acids is 2. The fourth-order valence-corrected chi connectivity index (χ4v) is 3.04. The van der Waals surface area contributed by atoms with E-state index in [1.165, 1.54) is 42.5 Å². The number of anilines is 1. The van der Waals surface area contributed by atoms with Crippen molar-refractivity contribution >= 4 is 58.1 Å². The summed E-state index contributed by atoms with van der Waals surface area (Å²) in [5.74, 6) is -2.93. The lowest BCUT2D eigenvalue weighted by molar-refractivity contribution is -0.144. The molecule has 1 amide bonds. The van der Waals surface area contributed by atoms with Crippen LogP contribution in [-0.2, 0) is 9.59 Å². The molecule has 0 fully saturated rings. The fraction of sp³-hybridized carbons (Fsp3) is 0.250. The van der Waals surface area contributed by atoms with Crippen molar-refractivity contribution in [1.82, 2.24) is 0 Å². The zero-order chi connectivity index (χ0) is 22.0. The Morgan fingerprint density at radius 2 is 1.66 bits per heavy atom. The van der Waals surface area contributed by atoms with Gasteiger partial charge in [-0.05, 0) is 36.4 Å². The molecule has 154 valence electrons. The van der Waals surface area contributed by atoms with Crippen LogP contribution in [0.25, 0.3) is 0 Å². The number of ether oxygens (including phenoxy) is 1. The second-order valence-corrected chi connectivity index (χ2v) is 8.54. The topological polar surface area (TPSA) is 92.7 Å². The summed E-state index contributed by atoms with van der Waals surface area (Å²) in [5.41, 5.74) is -0.880. The van der Waals surface area contributed by atoms with E-state index in [-0.39, 0.29) is 27.0 Å². The Balaban J connectivity index is 2.43. The molecule has 2 rings (SSSR count). The average Bonchev–Trinajstić information content (AvgIpc) is 2.63. The molecule has 0 aliphatic carbocycles. The highest BCUT2D eigenvalue weighted by molar-refractivity contribution is 6.47. The number of aromatic carboxylic acids is 1. The number of halogens is 3. The van der Waals surface area contributed by atoms with Crippen LogP contribution in [0.4, 0.5) is 5.69 Å². The molecule has 2 N–H and O–H groups in total. The molecule has 0 radical (unpaired) electrons. The Bertz CT molecular complexity index is 971. The Labute approximate surface area is 182 Å². The van der Waals surface area contributed by atoms with E-state index in [1.807, 2.05) is 0 Å². The molecule has 1 atom stereocenters. The number of carboxylic acid groups (broad SMARTS) is 1. The van der Waals surface area contributed by atoms with Gasteiger partial charge in [0.1, 0.15) is 5.75 Å². The van der Waals surface area contributed by atoms with Gasteiger partial charge in [0, 0.05) is 11.1 Å². The zero-order valence-electron chi connectivity index (χ0n) is 15.8. The van der Waals surface area contributed by atoms with E-state index in [0.717, 1.165) is 0 Å². The summed E-state index contributed by atoms with van der Waals surface area (Å²) in [5, 5.41) is 9.65. The Kier molecular flexibility index (Phi) is 6.83. The average molecular weight is 459 g/mol. The van der Waals surface area contributed by atoms with Gasteiger partial charge >= 0.3 is 11.0 Å². The molecule has 0 heterocycles. The molecular formula is C20H18Cl3NO5. The van der Waals surface area contributed by atoms with Crippen LogP contribution in [0, 0.1) is 5.41 Å². The summed E-state index contributed by atoms with van der Waals surface area (Å²) in [6.45, 7) is 4.74. The minimum absolute atomic E-state index is 0.0539. The van der Waals surface area contributed by atoms with Gasteiger partial charge in [0.15, 0.2) is 0 Å². The van der Waals surface area contributed by atoms with Gasteiger partial charge in [-0.1, -0.05) is 61.6 Å². The SMILES string of the molecule is CC(C)(C)C(=O)C(Cl)(Oc1cccc(C(=O)O)c1)C(=O)Nc1ccc(Cl)c(Cl)c1. The van der Waals surface area contributed by atoms with Crippen molar-refractivity contribution in [3.63, 3.8) is 0 Å². The molecule has 1 unspecified atom stereocenters. The highest BCUT2D eigenvalue weighted by Gasteiger charge is 2.51. The summed E-state index contributed by atoms with van der Waals surface area (Å²) in [6, 6.07) is 9.66. The number of carboxylic acids is 1. The van der Waals surface area contributed by atoms with E-state index in [1.54, 1.807) is 20.8 Å². The van der Waals surface area contributed by atoms with Crippen molar-refractivity contribution in [1.29, 1.82) is 0 Å². The van der Waals surface area contributed by atoms with Crippen LogP contribution in [0.15, 0.2) is 42.5 Å². The van der Waals surface area contributed by atoms with Crippen molar-refractivity contribution in [3.8, 4) is 5.75 Å². The second kappa shape index (κ2) is 8.61. The van der Waals surface area contributed by atoms with Gasteiger partial charge in [-0.25, -0.2) is 4.79 Å². The van der Waals surface area contributed by atoms with Gasteiger partial charge in [-0.2, -0.15) is 0 Å². The molecule has 0 spiro atoms. The van der Waals surface area contributed by atoms with Gasteiger partial charge in [0.2, 0.25) is 5.78 Å². The summed E-state index contributed by atoms with van der Waals surface area (Å²) in [6.07, 6.45) is 0. The van der Waals surface area contributed by atoms with E-state index >= 15 is 0 Å². The molecule has 9 heteroatoms. The van der Waals surface area contributed by atoms with Crippen molar-refractivity contribution < 1.29 is 24.2 Å². The maximum atomic E-state index is 13.0. The fourth-order valence-electron chi connectivity index (χ4n) is 2.32. The predicted molar refractivity (Wildman–Crippen MR) is 112 cm³/mol. The first-order valence-corrected chi connectivity index (χ1v) is 9.50. The van der Waals surface area contributed by atoms with Crippen LogP contribution < -0.4 is 10.1 Å². The highest BCUT2D eigenvalue weighted by Crippen LogP contribution is 2.33. The molecule has 29 heavy (non-hydrogen) atoms. The predicted octanol–water partition coefficient (Wildman–Crippen LogP) is 5.26. The Hall–Kier alpha value is -2.28. The third-order valence-corrected chi connectivity index (χ3v) is 4.94. The number of ketones is 1. The van der Waals surface area contributed by atoms with Crippen LogP contribution in [0.5, 0.6) is 5.75 Å². The number of hydrogen-bond donors (Lipinski definition) is 2. The van der Waals surface area contributed by atoms with E-state index in [2.05, 4.69) is 5.32 Å². The molecule has 0 aliphatic rings. The van der Waals surface area contributed by atoms with Crippen LogP contribution in [0.1, 0.15) is 31.1 Å². The molecular weight excluding hydrogens is 441 g/mol. The number of amides is 1. The normalized spacial score (nSPS) is 13.3. The van der Waals surface area contributed by atoms with Crippen molar-refractivity contribution in [3.05, 3.63) is 58.1 Å². The van der Waals surface area contributed by atoms with Crippen molar-refractivity contribution in [2.75, 3.05) is 5.32 Å². The lowest BCUT2D eigenvalue weighted by Gasteiger charge is -2.31. The summed E-state index contributed by atoms with van der Waals surface area (Å²) in [4.78, 5) is 37.1. The summed E-state index contributed by atoms with van der Waals surface area (Å²) in [7, 11) is 0. The summed E-state index contributed by atoms with van der Waals surface area (Å²) < 4.78 is 5.55. The first kappa shape index (κ1) is 23.0. The number of carbonyl (C=O) groups is 3. The standard InChI is InChI=1S/C20H18Cl3NO5/c1-19(2,3)17(27)20(23,29-13-6-4-5-11(9-13)16(25)26)18(28)24-12-7-8-14(21)15(22)10-12/h4-10H,1-3H3,(H,24,28)(H,25,26). The molecule has 0 aliphatic heterocycles. The van der Waals surface area contributed by atoms with Crippen LogP contribution in [0.2, 0.25) is 10.0 Å². The van der Waals surface area contributed by atoms with E-state index in [0.29, 0.717) is 0 Å². The van der Waals surface area contributed by atoms with Gasteiger partial charge in [-0.15, -0.1) is 0 Å². The lowest BCUT2D eigenvalue weighted by Crippen LogP contribution is -2.54. The second-order valence-electron chi connectivity index (χ2n) is 7.19. The van der Waals surface area contributed by atoms with E-state index < -0.39 is 28.1 Å². The third kappa shape index (κ3) is 5.41. The highest BCUT2D eigenvalue weighted by atomic mass is 35.5. The van der Waals surface area contributed by atoms with Crippen LogP contribution >= 0.6 is 34.8 Å². The maximum Gasteiger partial charge on any atom is 0.335 e. The number of Topliss-reactive ketones (excluding diaryl/α,β-unsaturated/α-hetero) is 1. The van der Waals surface area contributed by atoms with E-state index in [4.69, 9.17) is 44.6 Å². The molecule has 2 aromatic rings. The quantitative estimate of drug-likeness (QED) is 0.455. The van der Waals surface area contributed by atoms with Crippen LogP contribution in [-0.4, -0.2) is 27.8 Å². The minimum atomic E-state index is -2.46. The van der Waals surface area contributed by atoms with Gasteiger partial charge < -0.3 is 15.2 Å². The van der Waals surface area contributed by atoms with Crippen LogP contribution in [0.3, 0.4) is 0 Å². The largest absolute Gasteiger partial charge is 0.478 e.